The summed E-state index contributed by atoms with van der Waals surface area (Å²) >= 11 is 3.63. The average Bonchev–Trinajstić information content (AvgIpc) is 2.26. The fraction of sp³-hybridized carbons (Fsp3) is 0.538. The van der Waals surface area contributed by atoms with Crippen LogP contribution in [0.15, 0.2) is 28.7 Å². The molecule has 3 atom stereocenters. The van der Waals surface area contributed by atoms with Gasteiger partial charge in [-0.15, -0.1) is 0 Å². The molecule has 3 unspecified atom stereocenters. The Hall–Kier alpha value is -0.340. The van der Waals surface area contributed by atoms with E-state index in [4.69, 9.17) is 5.73 Å². The molecule has 0 spiro atoms. The van der Waals surface area contributed by atoms with Crippen LogP contribution in [0.5, 0.6) is 0 Å². The van der Waals surface area contributed by atoms with E-state index in [2.05, 4.69) is 54.0 Å². The highest BCUT2D eigenvalue weighted by Crippen LogP contribution is 2.55. The van der Waals surface area contributed by atoms with Gasteiger partial charge in [-0.05, 0) is 35.8 Å². The summed E-state index contributed by atoms with van der Waals surface area (Å²) in [6, 6.07) is 8.87. The molecule has 1 aliphatic carbocycles. The Labute approximate surface area is 100 Å². The van der Waals surface area contributed by atoms with Gasteiger partial charge in [-0.3, -0.25) is 0 Å². The first-order valence-electron chi connectivity index (χ1n) is 5.59. The van der Waals surface area contributed by atoms with Crippen LogP contribution in [0.4, 0.5) is 0 Å². The Morgan fingerprint density at radius 2 is 2.13 bits per heavy atom. The summed E-state index contributed by atoms with van der Waals surface area (Å²) in [5, 5.41) is 0. The molecular weight excluding hydrogens is 250 g/mol. The van der Waals surface area contributed by atoms with Crippen LogP contribution in [-0.2, 0) is 0 Å². The fourth-order valence-electron chi connectivity index (χ4n) is 2.64. The molecule has 1 nitrogen and oxygen atoms in total. The van der Waals surface area contributed by atoms with E-state index in [1.54, 1.807) is 0 Å². The maximum atomic E-state index is 6.13. The summed E-state index contributed by atoms with van der Waals surface area (Å²) in [5.41, 5.74) is 7.83. The molecule has 1 saturated carbocycles. The van der Waals surface area contributed by atoms with Crippen molar-refractivity contribution in [1.82, 2.24) is 0 Å². The standard InChI is InChI=1S/C13H18BrN/c1-3-13(2)10(8-12(13)15)9-6-4-5-7-11(9)14/h4-7,10,12H,3,8,15H2,1-2H3. The number of hydrogen-bond donors (Lipinski definition) is 1. The largest absolute Gasteiger partial charge is 0.327 e. The van der Waals surface area contributed by atoms with Crippen LogP contribution in [0.1, 0.15) is 38.2 Å². The van der Waals surface area contributed by atoms with E-state index in [0.717, 1.165) is 12.8 Å². The van der Waals surface area contributed by atoms with Crippen molar-refractivity contribution < 1.29 is 0 Å². The molecule has 2 N–H and O–H groups in total. The van der Waals surface area contributed by atoms with Crippen molar-refractivity contribution in [1.29, 1.82) is 0 Å². The Balaban J connectivity index is 2.31. The molecule has 0 heterocycles. The van der Waals surface area contributed by atoms with Crippen molar-refractivity contribution in [2.24, 2.45) is 11.1 Å². The molecule has 2 rings (SSSR count). The van der Waals surface area contributed by atoms with Gasteiger partial charge in [0.25, 0.3) is 0 Å². The van der Waals surface area contributed by atoms with Crippen molar-refractivity contribution in [2.75, 3.05) is 0 Å². The van der Waals surface area contributed by atoms with Gasteiger partial charge in [0, 0.05) is 10.5 Å². The van der Waals surface area contributed by atoms with Crippen LogP contribution in [0.25, 0.3) is 0 Å². The van der Waals surface area contributed by atoms with Crippen molar-refractivity contribution in [3.05, 3.63) is 34.3 Å². The molecule has 1 aromatic rings. The van der Waals surface area contributed by atoms with E-state index in [-0.39, 0.29) is 5.41 Å². The predicted molar refractivity (Wildman–Crippen MR) is 67.9 cm³/mol. The summed E-state index contributed by atoms with van der Waals surface area (Å²) in [4.78, 5) is 0. The first kappa shape index (κ1) is 11.2. The first-order valence-corrected chi connectivity index (χ1v) is 6.39. The highest BCUT2D eigenvalue weighted by Gasteiger charge is 2.49. The van der Waals surface area contributed by atoms with Crippen LogP contribution < -0.4 is 5.73 Å². The molecule has 1 fully saturated rings. The van der Waals surface area contributed by atoms with Crippen LogP contribution in [0.2, 0.25) is 0 Å². The van der Waals surface area contributed by atoms with Gasteiger partial charge in [0.2, 0.25) is 0 Å². The minimum atomic E-state index is 0.282. The lowest BCUT2D eigenvalue weighted by molar-refractivity contribution is 0.0701. The smallest absolute Gasteiger partial charge is 0.0210 e. The van der Waals surface area contributed by atoms with E-state index in [9.17, 15) is 0 Å². The van der Waals surface area contributed by atoms with Gasteiger partial charge < -0.3 is 5.73 Å². The van der Waals surface area contributed by atoms with E-state index < -0.39 is 0 Å². The predicted octanol–water partition coefficient (Wildman–Crippen LogP) is 3.68. The minimum Gasteiger partial charge on any atom is -0.327 e. The highest BCUT2D eigenvalue weighted by atomic mass is 79.9. The highest BCUT2D eigenvalue weighted by molar-refractivity contribution is 9.10. The van der Waals surface area contributed by atoms with Crippen molar-refractivity contribution in [3.8, 4) is 0 Å². The second-order valence-electron chi connectivity index (χ2n) is 4.78. The zero-order chi connectivity index (χ0) is 11.1. The number of rotatable bonds is 2. The van der Waals surface area contributed by atoms with Gasteiger partial charge in [-0.25, -0.2) is 0 Å². The van der Waals surface area contributed by atoms with Gasteiger partial charge in [-0.2, -0.15) is 0 Å². The van der Waals surface area contributed by atoms with Crippen molar-refractivity contribution in [2.45, 2.75) is 38.6 Å². The molecule has 0 radical (unpaired) electrons. The van der Waals surface area contributed by atoms with E-state index in [0.29, 0.717) is 12.0 Å². The fourth-order valence-corrected chi connectivity index (χ4v) is 3.20. The van der Waals surface area contributed by atoms with Crippen molar-refractivity contribution in [3.63, 3.8) is 0 Å². The van der Waals surface area contributed by atoms with E-state index in [1.807, 2.05) is 0 Å². The maximum absolute atomic E-state index is 6.13. The molecule has 0 aromatic heterocycles. The van der Waals surface area contributed by atoms with E-state index >= 15 is 0 Å². The topological polar surface area (TPSA) is 26.0 Å². The molecule has 0 bridgehead atoms. The summed E-state index contributed by atoms with van der Waals surface area (Å²) in [6.07, 6.45) is 2.27. The maximum Gasteiger partial charge on any atom is 0.0210 e. The quantitative estimate of drug-likeness (QED) is 0.870. The lowest BCUT2D eigenvalue weighted by atomic mass is 9.54. The molecular formula is C13H18BrN. The average molecular weight is 268 g/mol. The Morgan fingerprint density at radius 1 is 1.47 bits per heavy atom. The van der Waals surface area contributed by atoms with Gasteiger partial charge in [-0.1, -0.05) is 48.0 Å². The first-order chi connectivity index (χ1) is 7.09. The Morgan fingerprint density at radius 3 is 2.67 bits per heavy atom. The summed E-state index contributed by atoms with van der Waals surface area (Å²) < 4.78 is 1.22. The molecule has 0 saturated heterocycles. The van der Waals surface area contributed by atoms with Crippen LogP contribution in [0, 0.1) is 5.41 Å². The summed E-state index contributed by atoms with van der Waals surface area (Å²) in [6.45, 7) is 4.55. The molecule has 0 aliphatic heterocycles. The third kappa shape index (κ3) is 1.64. The molecule has 2 heteroatoms. The molecule has 15 heavy (non-hydrogen) atoms. The normalized spacial score (nSPS) is 34.9. The van der Waals surface area contributed by atoms with Gasteiger partial charge in [0.05, 0.1) is 0 Å². The van der Waals surface area contributed by atoms with Gasteiger partial charge in [0.1, 0.15) is 0 Å². The Kier molecular flexibility index (Phi) is 2.91. The SMILES string of the molecule is CCC1(C)C(N)CC1c1ccccc1Br. The molecule has 82 valence electrons. The van der Waals surface area contributed by atoms with Gasteiger partial charge in [0.15, 0.2) is 0 Å². The van der Waals surface area contributed by atoms with Crippen LogP contribution >= 0.6 is 15.9 Å². The zero-order valence-corrected chi connectivity index (χ0v) is 10.9. The van der Waals surface area contributed by atoms with E-state index in [1.165, 1.54) is 10.0 Å². The monoisotopic (exact) mass is 267 g/mol. The third-order valence-corrected chi connectivity index (χ3v) is 4.90. The number of nitrogens with two attached hydrogens (primary N) is 1. The van der Waals surface area contributed by atoms with Crippen LogP contribution in [-0.4, -0.2) is 6.04 Å². The second kappa shape index (κ2) is 3.91. The lowest BCUT2D eigenvalue weighted by Crippen LogP contribution is -2.54. The lowest BCUT2D eigenvalue weighted by Gasteiger charge is -2.53. The summed E-state index contributed by atoms with van der Waals surface area (Å²) in [5.74, 6) is 0.619. The van der Waals surface area contributed by atoms with Gasteiger partial charge >= 0.3 is 0 Å². The molecule has 0 amide bonds. The second-order valence-corrected chi connectivity index (χ2v) is 5.63. The zero-order valence-electron chi connectivity index (χ0n) is 9.33. The third-order valence-electron chi connectivity index (χ3n) is 4.18. The summed E-state index contributed by atoms with van der Waals surface area (Å²) in [7, 11) is 0. The number of benzene rings is 1. The van der Waals surface area contributed by atoms with Crippen LogP contribution in [0.3, 0.4) is 0 Å². The number of halogens is 1. The molecule has 1 aromatic carbocycles. The Bertz CT molecular complexity index is 363. The molecule has 1 aliphatic rings. The minimum absolute atomic E-state index is 0.282. The van der Waals surface area contributed by atoms with Crippen molar-refractivity contribution >= 4 is 15.9 Å². The number of hydrogen-bond acceptors (Lipinski definition) is 1.